The van der Waals surface area contributed by atoms with E-state index in [0.717, 1.165) is 24.2 Å². The highest BCUT2D eigenvalue weighted by Gasteiger charge is 2.19. The van der Waals surface area contributed by atoms with Crippen LogP contribution >= 0.6 is 0 Å². The van der Waals surface area contributed by atoms with E-state index in [1.54, 1.807) is 0 Å². The van der Waals surface area contributed by atoms with Crippen LogP contribution in [-0.4, -0.2) is 28.9 Å². The maximum atomic E-state index is 12.5. The van der Waals surface area contributed by atoms with Gasteiger partial charge in [-0.15, -0.1) is 10.2 Å². The predicted molar refractivity (Wildman–Crippen MR) is 101 cm³/mol. The number of nitrogens with one attached hydrogen (secondary N) is 1. The Morgan fingerprint density at radius 1 is 1.07 bits per heavy atom. The molecule has 0 aliphatic carbocycles. The summed E-state index contributed by atoms with van der Waals surface area (Å²) >= 11 is 0. The van der Waals surface area contributed by atoms with Crippen molar-refractivity contribution in [3.8, 4) is 11.5 Å². The van der Waals surface area contributed by atoms with E-state index >= 15 is 0 Å². The Balaban J connectivity index is 1.38. The lowest BCUT2D eigenvalue weighted by atomic mass is 10.0. The van der Waals surface area contributed by atoms with Gasteiger partial charge < -0.3 is 19.2 Å². The van der Waals surface area contributed by atoms with Gasteiger partial charge in [-0.2, -0.15) is 0 Å². The Bertz CT molecular complexity index is 955. The van der Waals surface area contributed by atoms with Crippen molar-refractivity contribution in [1.82, 2.24) is 15.5 Å². The number of carbonyl (C=O) groups is 1. The largest absolute Gasteiger partial charge is 0.454 e. The minimum Gasteiger partial charge on any atom is -0.454 e. The second kappa shape index (κ2) is 8.12. The zero-order chi connectivity index (χ0) is 19.3. The molecule has 2 aromatic carbocycles. The molecule has 4 rings (SSSR count). The van der Waals surface area contributed by atoms with Crippen molar-refractivity contribution in [2.75, 3.05) is 6.79 Å². The first-order valence-electron chi connectivity index (χ1n) is 9.27. The lowest BCUT2D eigenvalue weighted by molar-refractivity contribution is 0.0899. The highest BCUT2D eigenvalue weighted by atomic mass is 16.7. The summed E-state index contributed by atoms with van der Waals surface area (Å²) in [5.74, 6) is 1.41. The average Bonchev–Trinajstić information content (AvgIpc) is 3.37. The van der Waals surface area contributed by atoms with Gasteiger partial charge in [0.25, 0.3) is 0 Å². The molecular formula is C21H21N3O4. The molecule has 1 atom stereocenters. The van der Waals surface area contributed by atoms with Gasteiger partial charge in [-0.1, -0.05) is 43.3 Å². The normalized spacial score (nSPS) is 13.3. The summed E-state index contributed by atoms with van der Waals surface area (Å²) in [5.41, 5.74) is 2.11. The van der Waals surface area contributed by atoms with Crippen LogP contribution in [0.5, 0.6) is 11.5 Å². The molecule has 7 nitrogen and oxygen atoms in total. The second-order valence-corrected chi connectivity index (χ2v) is 6.63. The maximum Gasteiger partial charge on any atom is 0.309 e. The summed E-state index contributed by atoms with van der Waals surface area (Å²) in [5, 5.41) is 10.9. The molecule has 1 amide bonds. The second-order valence-electron chi connectivity index (χ2n) is 6.63. The molecule has 0 bridgehead atoms. The highest BCUT2D eigenvalue weighted by Crippen LogP contribution is 2.33. The molecule has 3 aromatic rings. The van der Waals surface area contributed by atoms with Crippen LogP contribution < -0.4 is 14.8 Å². The smallest absolute Gasteiger partial charge is 0.309 e. The van der Waals surface area contributed by atoms with E-state index in [2.05, 4.69) is 15.5 Å². The number of benzene rings is 2. The standard InChI is InChI=1S/C21H21N3O4/c1-2-16(10-14-6-4-3-5-7-14)22-20(25)21-24-23-19(28-21)12-15-8-9-17-18(11-15)27-13-26-17/h3-9,11,16H,2,10,12-13H2,1H3,(H,22,25)/t16-/m1/s1. The third-order valence-corrected chi connectivity index (χ3v) is 4.61. The van der Waals surface area contributed by atoms with Crippen molar-refractivity contribution < 1.29 is 18.7 Å². The van der Waals surface area contributed by atoms with Gasteiger partial charge in [0.15, 0.2) is 11.5 Å². The van der Waals surface area contributed by atoms with Gasteiger partial charge >= 0.3 is 11.8 Å². The zero-order valence-electron chi connectivity index (χ0n) is 15.6. The van der Waals surface area contributed by atoms with Gasteiger partial charge in [-0.05, 0) is 36.1 Å². The third-order valence-electron chi connectivity index (χ3n) is 4.61. The molecule has 1 aliphatic heterocycles. The highest BCUT2D eigenvalue weighted by molar-refractivity contribution is 5.89. The molecule has 2 heterocycles. The number of hydrogen-bond acceptors (Lipinski definition) is 6. The van der Waals surface area contributed by atoms with Gasteiger partial charge in [0.05, 0.1) is 6.42 Å². The van der Waals surface area contributed by atoms with Gasteiger partial charge in [-0.25, -0.2) is 0 Å². The van der Waals surface area contributed by atoms with Gasteiger partial charge in [0.1, 0.15) is 0 Å². The fourth-order valence-corrected chi connectivity index (χ4v) is 3.09. The Labute approximate surface area is 162 Å². The summed E-state index contributed by atoms with van der Waals surface area (Å²) < 4.78 is 16.2. The number of hydrogen-bond donors (Lipinski definition) is 1. The van der Waals surface area contributed by atoms with Crippen LogP contribution in [0.1, 0.15) is 41.0 Å². The molecule has 144 valence electrons. The number of amides is 1. The summed E-state index contributed by atoms with van der Waals surface area (Å²) in [4.78, 5) is 12.5. The van der Waals surface area contributed by atoms with Gasteiger partial charge in [-0.3, -0.25) is 4.79 Å². The fourth-order valence-electron chi connectivity index (χ4n) is 3.09. The topological polar surface area (TPSA) is 86.5 Å². The molecule has 1 aromatic heterocycles. The van der Waals surface area contributed by atoms with E-state index < -0.39 is 0 Å². The lowest BCUT2D eigenvalue weighted by Gasteiger charge is -2.15. The van der Waals surface area contributed by atoms with Crippen LogP contribution in [0.4, 0.5) is 0 Å². The van der Waals surface area contributed by atoms with Crippen LogP contribution in [0.3, 0.4) is 0 Å². The van der Waals surface area contributed by atoms with E-state index in [9.17, 15) is 4.79 Å². The van der Waals surface area contributed by atoms with Crippen molar-refractivity contribution in [1.29, 1.82) is 0 Å². The van der Waals surface area contributed by atoms with Crippen LogP contribution in [0.25, 0.3) is 0 Å². The molecule has 7 heteroatoms. The first-order valence-corrected chi connectivity index (χ1v) is 9.27. The van der Waals surface area contributed by atoms with Gasteiger partial charge in [0, 0.05) is 6.04 Å². The monoisotopic (exact) mass is 379 g/mol. The quantitative estimate of drug-likeness (QED) is 0.679. The van der Waals surface area contributed by atoms with Crippen molar-refractivity contribution in [2.24, 2.45) is 0 Å². The number of carbonyl (C=O) groups excluding carboxylic acids is 1. The van der Waals surface area contributed by atoms with Crippen molar-refractivity contribution in [3.63, 3.8) is 0 Å². The lowest BCUT2D eigenvalue weighted by Crippen LogP contribution is -2.36. The molecule has 0 saturated heterocycles. The minimum atomic E-state index is -0.354. The first-order chi connectivity index (χ1) is 13.7. The maximum absolute atomic E-state index is 12.5. The third kappa shape index (κ3) is 4.14. The summed E-state index contributed by atoms with van der Waals surface area (Å²) in [6.45, 7) is 2.26. The molecule has 0 saturated carbocycles. The molecule has 1 aliphatic rings. The Morgan fingerprint density at radius 3 is 2.71 bits per heavy atom. The number of aromatic nitrogens is 2. The molecule has 0 unspecified atom stereocenters. The van der Waals surface area contributed by atoms with E-state index in [1.807, 2.05) is 55.5 Å². The van der Waals surface area contributed by atoms with E-state index in [-0.39, 0.29) is 24.6 Å². The van der Waals surface area contributed by atoms with Crippen LogP contribution in [0.15, 0.2) is 52.9 Å². The average molecular weight is 379 g/mol. The molecule has 28 heavy (non-hydrogen) atoms. The van der Waals surface area contributed by atoms with Gasteiger partial charge in [0.2, 0.25) is 12.7 Å². The van der Waals surface area contributed by atoms with E-state index in [4.69, 9.17) is 13.9 Å². The number of ether oxygens (including phenoxy) is 2. The van der Waals surface area contributed by atoms with Crippen molar-refractivity contribution in [3.05, 3.63) is 71.4 Å². The summed E-state index contributed by atoms with van der Waals surface area (Å²) in [6, 6.07) is 15.7. The zero-order valence-corrected chi connectivity index (χ0v) is 15.6. The Kier molecular flexibility index (Phi) is 5.23. The minimum absolute atomic E-state index is 0.000824. The SMILES string of the molecule is CC[C@H](Cc1ccccc1)NC(=O)c1nnc(Cc2ccc3c(c2)OCO3)o1. The van der Waals surface area contributed by atoms with Crippen molar-refractivity contribution in [2.45, 2.75) is 32.2 Å². The number of nitrogens with zero attached hydrogens (tertiary/aromatic N) is 2. The van der Waals surface area contributed by atoms with Crippen LogP contribution in [-0.2, 0) is 12.8 Å². The van der Waals surface area contributed by atoms with Crippen LogP contribution in [0.2, 0.25) is 0 Å². The Morgan fingerprint density at radius 2 is 1.89 bits per heavy atom. The molecule has 0 fully saturated rings. The first kappa shape index (κ1) is 18.0. The fraction of sp³-hybridized carbons (Fsp3) is 0.286. The predicted octanol–water partition coefficient (Wildman–Crippen LogP) is 3.14. The van der Waals surface area contributed by atoms with Crippen molar-refractivity contribution >= 4 is 5.91 Å². The number of fused-ring (bicyclic) bond motifs is 1. The number of rotatable bonds is 7. The summed E-state index contributed by atoms with van der Waals surface area (Å²) in [7, 11) is 0. The molecule has 0 radical (unpaired) electrons. The molecular weight excluding hydrogens is 358 g/mol. The van der Waals surface area contributed by atoms with Crippen LogP contribution in [0, 0.1) is 0 Å². The Hall–Kier alpha value is -3.35. The van der Waals surface area contributed by atoms with E-state index in [1.165, 1.54) is 5.56 Å². The molecule has 1 N–H and O–H groups in total. The summed E-state index contributed by atoms with van der Waals surface area (Å²) in [6.07, 6.45) is 1.97. The molecule has 0 spiro atoms. The van der Waals surface area contributed by atoms with E-state index in [0.29, 0.717) is 18.1 Å².